The van der Waals surface area contributed by atoms with Crippen LogP contribution < -0.4 is 4.72 Å². The molecule has 0 fully saturated rings. The molecule has 0 saturated carbocycles. The van der Waals surface area contributed by atoms with Gasteiger partial charge in [0, 0.05) is 0 Å². The standard InChI is InChI=1S/C11H14N2O2S/c1-8-6-9(2)11(10(3)7-8)13-16(14,15)5-4-12/h6-7,13H,5H2,1-3H3. The topological polar surface area (TPSA) is 70.0 Å². The Morgan fingerprint density at radius 3 is 2.19 bits per heavy atom. The maximum Gasteiger partial charge on any atom is 0.246 e. The number of rotatable bonds is 3. The lowest BCUT2D eigenvalue weighted by atomic mass is 10.1. The highest BCUT2D eigenvalue weighted by Gasteiger charge is 2.13. The zero-order valence-corrected chi connectivity index (χ0v) is 10.4. The number of sulfonamides is 1. The van der Waals surface area contributed by atoms with Crippen molar-refractivity contribution >= 4 is 15.7 Å². The van der Waals surface area contributed by atoms with E-state index in [-0.39, 0.29) is 0 Å². The van der Waals surface area contributed by atoms with Gasteiger partial charge in [-0.25, -0.2) is 8.42 Å². The van der Waals surface area contributed by atoms with Crippen LogP contribution in [0.3, 0.4) is 0 Å². The summed E-state index contributed by atoms with van der Waals surface area (Å²) in [5, 5.41) is 8.39. The van der Waals surface area contributed by atoms with Crippen molar-refractivity contribution in [2.75, 3.05) is 10.5 Å². The molecule has 1 aromatic rings. The number of nitrogens with one attached hydrogen (secondary N) is 1. The van der Waals surface area contributed by atoms with Crippen LogP contribution in [0.25, 0.3) is 0 Å². The van der Waals surface area contributed by atoms with Crippen LogP contribution >= 0.6 is 0 Å². The highest BCUT2D eigenvalue weighted by Crippen LogP contribution is 2.22. The molecule has 86 valence electrons. The van der Waals surface area contributed by atoms with Gasteiger partial charge in [-0.3, -0.25) is 4.72 Å². The second-order valence-electron chi connectivity index (χ2n) is 3.79. The maximum absolute atomic E-state index is 11.5. The molecule has 0 amide bonds. The van der Waals surface area contributed by atoms with Gasteiger partial charge in [0.05, 0.1) is 11.8 Å². The Kier molecular flexibility index (Phi) is 3.55. The Balaban J connectivity index is 3.13. The molecule has 1 aromatic carbocycles. The number of nitrogens with zero attached hydrogens (tertiary/aromatic N) is 1. The molecule has 4 nitrogen and oxygen atoms in total. The van der Waals surface area contributed by atoms with Crippen molar-refractivity contribution in [3.05, 3.63) is 28.8 Å². The number of benzene rings is 1. The van der Waals surface area contributed by atoms with Gasteiger partial charge in [0.1, 0.15) is 0 Å². The minimum Gasteiger partial charge on any atom is -0.282 e. The summed E-state index contributed by atoms with van der Waals surface area (Å²) >= 11 is 0. The Hall–Kier alpha value is -1.54. The molecular formula is C11H14N2O2S. The van der Waals surface area contributed by atoms with E-state index in [1.807, 2.05) is 32.9 Å². The van der Waals surface area contributed by atoms with Gasteiger partial charge in [-0.2, -0.15) is 5.26 Å². The SMILES string of the molecule is Cc1cc(C)c(NS(=O)(=O)CC#N)c(C)c1. The minimum atomic E-state index is -3.55. The van der Waals surface area contributed by atoms with Crippen molar-refractivity contribution in [2.24, 2.45) is 0 Å². The summed E-state index contributed by atoms with van der Waals surface area (Å²) in [6.07, 6.45) is 0. The van der Waals surface area contributed by atoms with Crippen LogP contribution in [0.15, 0.2) is 12.1 Å². The molecule has 0 aromatic heterocycles. The number of hydrogen-bond acceptors (Lipinski definition) is 3. The molecule has 1 rings (SSSR count). The molecule has 0 spiro atoms. The van der Waals surface area contributed by atoms with Gasteiger partial charge in [-0.15, -0.1) is 0 Å². The quantitative estimate of drug-likeness (QED) is 0.874. The summed E-state index contributed by atoms with van der Waals surface area (Å²) in [4.78, 5) is 0. The van der Waals surface area contributed by atoms with Gasteiger partial charge in [0.15, 0.2) is 5.75 Å². The van der Waals surface area contributed by atoms with E-state index in [4.69, 9.17) is 5.26 Å². The van der Waals surface area contributed by atoms with Crippen molar-refractivity contribution in [3.63, 3.8) is 0 Å². The Morgan fingerprint density at radius 2 is 1.75 bits per heavy atom. The van der Waals surface area contributed by atoms with E-state index in [9.17, 15) is 8.42 Å². The molecule has 5 heteroatoms. The fraction of sp³-hybridized carbons (Fsp3) is 0.364. The molecule has 16 heavy (non-hydrogen) atoms. The predicted octanol–water partition coefficient (Wildman–Crippen LogP) is 1.88. The second-order valence-corrected chi connectivity index (χ2v) is 5.52. The normalized spacial score (nSPS) is 10.9. The van der Waals surface area contributed by atoms with E-state index >= 15 is 0 Å². The molecule has 0 aliphatic carbocycles. The van der Waals surface area contributed by atoms with Gasteiger partial charge in [-0.1, -0.05) is 17.7 Å². The van der Waals surface area contributed by atoms with Crippen LogP contribution in [0.1, 0.15) is 16.7 Å². The molecular weight excluding hydrogens is 224 g/mol. The Morgan fingerprint density at radius 1 is 1.25 bits per heavy atom. The molecule has 0 heterocycles. The van der Waals surface area contributed by atoms with Crippen LogP contribution in [-0.4, -0.2) is 14.2 Å². The third-order valence-corrected chi connectivity index (χ3v) is 3.21. The minimum absolute atomic E-state index is 0.528. The van der Waals surface area contributed by atoms with E-state index in [1.165, 1.54) is 0 Å². The fourth-order valence-electron chi connectivity index (χ4n) is 1.62. The summed E-state index contributed by atoms with van der Waals surface area (Å²) in [5.74, 6) is -0.528. The summed E-state index contributed by atoms with van der Waals surface area (Å²) in [5.41, 5.74) is 3.37. The highest BCUT2D eigenvalue weighted by molar-refractivity contribution is 7.92. The van der Waals surface area contributed by atoms with Crippen LogP contribution in [0, 0.1) is 32.1 Å². The lowest BCUT2D eigenvalue weighted by Gasteiger charge is -2.12. The lowest BCUT2D eigenvalue weighted by molar-refractivity contribution is 0.604. The largest absolute Gasteiger partial charge is 0.282 e. The molecule has 0 bridgehead atoms. The van der Waals surface area contributed by atoms with Crippen LogP contribution in [0.5, 0.6) is 0 Å². The third kappa shape index (κ3) is 2.97. The van der Waals surface area contributed by atoms with Crippen LogP contribution in [-0.2, 0) is 10.0 Å². The van der Waals surface area contributed by atoms with Crippen molar-refractivity contribution in [1.82, 2.24) is 0 Å². The van der Waals surface area contributed by atoms with Crippen molar-refractivity contribution < 1.29 is 8.42 Å². The highest BCUT2D eigenvalue weighted by atomic mass is 32.2. The molecule has 0 unspecified atom stereocenters. The van der Waals surface area contributed by atoms with E-state index in [1.54, 1.807) is 6.07 Å². The Labute approximate surface area is 96.0 Å². The van der Waals surface area contributed by atoms with Crippen LogP contribution in [0.4, 0.5) is 5.69 Å². The summed E-state index contributed by atoms with van der Waals surface area (Å²) < 4.78 is 25.3. The predicted molar refractivity (Wildman–Crippen MR) is 63.7 cm³/mol. The van der Waals surface area contributed by atoms with Gasteiger partial charge < -0.3 is 0 Å². The zero-order valence-electron chi connectivity index (χ0n) is 9.53. The number of hydrogen-bond donors (Lipinski definition) is 1. The van der Waals surface area contributed by atoms with Crippen LogP contribution in [0.2, 0.25) is 0 Å². The smallest absolute Gasteiger partial charge is 0.246 e. The first-order chi connectivity index (χ1) is 7.35. The van der Waals surface area contributed by atoms with E-state index < -0.39 is 15.8 Å². The monoisotopic (exact) mass is 238 g/mol. The number of aryl methyl sites for hydroxylation is 3. The molecule has 0 atom stereocenters. The molecule has 0 saturated heterocycles. The van der Waals surface area contributed by atoms with Crippen molar-refractivity contribution in [2.45, 2.75) is 20.8 Å². The summed E-state index contributed by atoms with van der Waals surface area (Å²) in [6.45, 7) is 5.63. The zero-order chi connectivity index (χ0) is 12.3. The van der Waals surface area contributed by atoms with Gasteiger partial charge in [-0.05, 0) is 31.9 Å². The number of nitriles is 1. The first-order valence-electron chi connectivity index (χ1n) is 4.81. The average Bonchev–Trinajstić information content (AvgIpc) is 2.11. The molecule has 0 aliphatic heterocycles. The van der Waals surface area contributed by atoms with E-state index in [0.717, 1.165) is 16.7 Å². The van der Waals surface area contributed by atoms with Crippen molar-refractivity contribution in [1.29, 1.82) is 5.26 Å². The van der Waals surface area contributed by atoms with Gasteiger partial charge >= 0.3 is 0 Å². The van der Waals surface area contributed by atoms with Gasteiger partial charge in [0.2, 0.25) is 10.0 Å². The first-order valence-corrected chi connectivity index (χ1v) is 6.46. The number of anilines is 1. The lowest BCUT2D eigenvalue weighted by Crippen LogP contribution is -2.17. The first kappa shape index (κ1) is 12.5. The Bertz CT molecular complexity index is 519. The molecule has 1 N–H and O–H groups in total. The van der Waals surface area contributed by atoms with E-state index in [2.05, 4.69) is 4.72 Å². The van der Waals surface area contributed by atoms with E-state index in [0.29, 0.717) is 5.69 Å². The fourth-order valence-corrected chi connectivity index (χ4v) is 2.49. The third-order valence-electron chi connectivity index (χ3n) is 2.19. The summed E-state index contributed by atoms with van der Waals surface area (Å²) in [7, 11) is -3.55. The second kappa shape index (κ2) is 4.54. The summed E-state index contributed by atoms with van der Waals surface area (Å²) in [6, 6.07) is 5.43. The van der Waals surface area contributed by atoms with Crippen molar-refractivity contribution in [3.8, 4) is 6.07 Å². The molecule has 0 aliphatic rings. The average molecular weight is 238 g/mol. The maximum atomic E-state index is 11.5. The molecule has 0 radical (unpaired) electrons. The van der Waals surface area contributed by atoms with Gasteiger partial charge in [0.25, 0.3) is 0 Å².